The lowest BCUT2D eigenvalue weighted by Gasteiger charge is -2.17. The monoisotopic (exact) mass is 327 g/mol. The molecule has 4 heteroatoms. The maximum absolute atomic E-state index is 12.3. The molecule has 1 atom stereocenters. The molecular weight excluding hydrogens is 302 g/mol. The van der Waals surface area contributed by atoms with Crippen molar-refractivity contribution in [2.75, 3.05) is 6.61 Å². The van der Waals surface area contributed by atoms with Crippen LogP contribution in [0, 0.1) is 0 Å². The highest BCUT2D eigenvalue weighted by atomic mass is 16.5. The Morgan fingerprint density at radius 1 is 1.00 bits per heavy atom. The number of amides is 1. The predicted octanol–water partition coefficient (Wildman–Crippen LogP) is 3.73. The van der Waals surface area contributed by atoms with Gasteiger partial charge in [-0.1, -0.05) is 43.3 Å². The molecule has 0 spiro atoms. The molecule has 0 saturated heterocycles. The summed E-state index contributed by atoms with van der Waals surface area (Å²) in [5, 5.41) is 2.91. The lowest BCUT2D eigenvalue weighted by Crippen LogP contribution is -2.36. The summed E-state index contributed by atoms with van der Waals surface area (Å²) < 4.78 is 11.4. The summed E-state index contributed by atoms with van der Waals surface area (Å²) in [6.07, 6.45) is 0.309. The second-order valence-corrected chi connectivity index (χ2v) is 5.48. The molecule has 24 heavy (non-hydrogen) atoms. The Morgan fingerprint density at radius 3 is 2.29 bits per heavy atom. The molecule has 2 rings (SSSR count). The van der Waals surface area contributed by atoms with Crippen molar-refractivity contribution >= 4 is 5.91 Å². The van der Waals surface area contributed by atoms with Gasteiger partial charge in [-0.25, -0.2) is 0 Å². The van der Waals surface area contributed by atoms with Crippen molar-refractivity contribution in [1.29, 1.82) is 0 Å². The second-order valence-electron chi connectivity index (χ2n) is 5.48. The molecule has 0 aromatic heterocycles. The molecule has 0 radical (unpaired) electrons. The minimum absolute atomic E-state index is 0.146. The molecule has 2 aromatic carbocycles. The third kappa shape index (κ3) is 4.75. The highest BCUT2D eigenvalue weighted by Gasteiger charge is 2.16. The topological polar surface area (TPSA) is 47.6 Å². The fourth-order valence-corrected chi connectivity index (χ4v) is 2.43. The first-order valence-corrected chi connectivity index (χ1v) is 8.38. The van der Waals surface area contributed by atoms with Crippen LogP contribution in [-0.4, -0.2) is 18.6 Å². The SMILES string of the molecule is CCOc1ccccc1CNC(=O)C(C)Oc1ccccc1CC. The first-order chi connectivity index (χ1) is 11.7. The molecular formula is C20H25NO3. The van der Waals surface area contributed by atoms with E-state index in [0.717, 1.165) is 29.0 Å². The largest absolute Gasteiger partial charge is 0.494 e. The van der Waals surface area contributed by atoms with Gasteiger partial charge in [-0.2, -0.15) is 0 Å². The Labute approximate surface area is 143 Å². The maximum Gasteiger partial charge on any atom is 0.261 e. The van der Waals surface area contributed by atoms with Crippen LogP contribution in [0.25, 0.3) is 0 Å². The van der Waals surface area contributed by atoms with Gasteiger partial charge in [0.1, 0.15) is 11.5 Å². The van der Waals surface area contributed by atoms with E-state index in [1.807, 2.05) is 55.5 Å². The molecule has 0 aliphatic rings. The van der Waals surface area contributed by atoms with Crippen LogP contribution in [0.5, 0.6) is 11.5 Å². The van der Waals surface area contributed by atoms with Crippen LogP contribution >= 0.6 is 0 Å². The van der Waals surface area contributed by atoms with Gasteiger partial charge in [-0.05, 0) is 38.0 Å². The Kier molecular flexibility index (Phi) is 6.67. The van der Waals surface area contributed by atoms with Crippen molar-refractivity contribution in [2.24, 2.45) is 0 Å². The number of hydrogen-bond donors (Lipinski definition) is 1. The second kappa shape index (κ2) is 8.96. The average molecular weight is 327 g/mol. The summed E-state index contributed by atoms with van der Waals surface area (Å²) in [7, 11) is 0. The number of rotatable bonds is 8. The number of aryl methyl sites for hydroxylation is 1. The average Bonchev–Trinajstić information content (AvgIpc) is 2.61. The van der Waals surface area contributed by atoms with E-state index < -0.39 is 6.10 Å². The van der Waals surface area contributed by atoms with Gasteiger partial charge < -0.3 is 14.8 Å². The fourth-order valence-electron chi connectivity index (χ4n) is 2.43. The highest BCUT2D eigenvalue weighted by molar-refractivity contribution is 5.80. The maximum atomic E-state index is 12.3. The number of hydrogen-bond acceptors (Lipinski definition) is 3. The molecule has 0 bridgehead atoms. The number of carbonyl (C=O) groups is 1. The Morgan fingerprint density at radius 2 is 1.62 bits per heavy atom. The van der Waals surface area contributed by atoms with Crippen molar-refractivity contribution in [2.45, 2.75) is 39.8 Å². The number of ether oxygens (including phenoxy) is 2. The van der Waals surface area contributed by atoms with Gasteiger partial charge in [0.2, 0.25) is 0 Å². The summed E-state index contributed by atoms with van der Waals surface area (Å²) >= 11 is 0. The number of nitrogens with one attached hydrogen (secondary N) is 1. The van der Waals surface area contributed by atoms with Gasteiger partial charge >= 0.3 is 0 Å². The third-order valence-electron chi connectivity index (χ3n) is 3.75. The molecule has 1 amide bonds. The number of carbonyl (C=O) groups excluding carboxylic acids is 1. The number of benzene rings is 2. The zero-order valence-corrected chi connectivity index (χ0v) is 14.5. The minimum atomic E-state index is -0.558. The van der Waals surface area contributed by atoms with Gasteiger partial charge in [-0.15, -0.1) is 0 Å². The van der Waals surface area contributed by atoms with Crippen molar-refractivity contribution in [3.8, 4) is 11.5 Å². The van der Waals surface area contributed by atoms with Crippen LogP contribution in [0.3, 0.4) is 0 Å². The molecule has 0 heterocycles. The van der Waals surface area contributed by atoms with Crippen LogP contribution in [0.2, 0.25) is 0 Å². The Balaban J connectivity index is 1.95. The normalized spacial score (nSPS) is 11.6. The molecule has 1 N–H and O–H groups in total. The first-order valence-electron chi connectivity index (χ1n) is 8.38. The van der Waals surface area contributed by atoms with E-state index in [0.29, 0.717) is 13.2 Å². The van der Waals surface area contributed by atoms with Crippen molar-refractivity contribution < 1.29 is 14.3 Å². The van der Waals surface area contributed by atoms with E-state index in [4.69, 9.17) is 9.47 Å². The van der Waals surface area contributed by atoms with Crippen LogP contribution < -0.4 is 14.8 Å². The Hall–Kier alpha value is -2.49. The van der Waals surface area contributed by atoms with E-state index in [-0.39, 0.29) is 5.91 Å². The summed E-state index contributed by atoms with van der Waals surface area (Å²) in [5.74, 6) is 1.41. The minimum Gasteiger partial charge on any atom is -0.494 e. The molecule has 0 saturated carbocycles. The molecule has 128 valence electrons. The zero-order chi connectivity index (χ0) is 17.4. The van der Waals surface area contributed by atoms with Gasteiger partial charge in [0.25, 0.3) is 5.91 Å². The van der Waals surface area contributed by atoms with E-state index in [1.165, 1.54) is 0 Å². The van der Waals surface area contributed by atoms with E-state index in [9.17, 15) is 4.79 Å². The molecule has 0 aliphatic heterocycles. The molecule has 0 fully saturated rings. The molecule has 1 unspecified atom stereocenters. The van der Waals surface area contributed by atoms with Crippen LogP contribution in [-0.2, 0) is 17.8 Å². The molecule has 2 aromatic rings. The highest BCUT2D eigenvalue weighted by Crippen LogP contribution is 2.20. The zero-order valence-electron chi connectivity index (χ0n) is 14.5. The van der Waals surface area contributed by atoms with E-state index in [2.05, 4.69) is 12.2 Å². The van der Waals surface area contributed by atoms with Gasteiger partial charge in [-0.3, -0.25) is 4.79 Å². The lowest BCUT2D eigenvalue weighted by molar-refractivity contribution is -0.127. The van der Waals surface area contributed by atoms with Crippen LogP contribution in [0.1, 0.15) is 31.9 Å². The smallest absolute Gasteiger partial charge is 0.261 e. The molecule has 4 nitrogen and oxygen atoms in total. The summed E-state index contributed by atoms with van der Waals surface area (Å²) in [6, 6.07) is 15.5. The van der Waals surface area contributed by atoms with Crippen molar-refractivity contribution in [3.63, 3.8) is 0 Å². The quantitative estimate of drug-likeness (QED) is 0.803. The standard InChI is InChI=1S/C20H25NO3/c1-4-16-10-6-9-13-19(16)24-15(3)20(22)21-14-17-11-7-8-12-18(17)23-5-2/h6-13,15H,4-5,14H2,1-3H3,(H,21,22). The van der Waals surface area contributed by atoms with Gasteiger partial charge in [0, 0.05) is 12.1 Å². The Bertz CT molecular complexity index is 669. The van der Waals surface area contributed by atoms with E-state index >= 15 is 0 Å². The van der Waals surface area contributed by atoms with Crippen molar-refractivity contribution in [1.82, 2.24) is 5.32 Å². The fraction of sp³-hybridized carbons (Fsp3) is 0.350. The van der Waals surface area contributed by atoms with E-state index in [1.54, 1.807) is 6.92 Å². The van der Waals surface area contributed by atoms with Crippen molar-refractivity contribution in [3.05, 3.63) is 59.7 Å². The predicted molar refractivity (Wildman–Crippen MR) is 95.4 cm³/mol. The van der Waals surface area contributed by atoms with Gasteiger partial charge in [0.15, 0.2) is 6.10 Å². The summed E-state index contributed by atoms with van der Waals surface area (Å²) in [4.78, 5) is 12.3. The summed E-state index contributed by atoms with van der Waals surface area (Å²) in [5.41, 5.74) is 2.05. The number of para-hydroxylation sites is 2. The van der Waals surface area contributed by atoms with Gasteiger partial charge in [0.05, 0.1) is 6.61 Å². The van der Waals surface area contributed by atoms with Crippen LogP contribution in [0.15, 0.2) is 48.5 Å². The lowest BCUT2D eigenvalue weighted by atomic mass is 10.1. The first kappa shape index (κ1) is 17.9. The summed E-state index contributed by atoms with van der Waals surface area (Å²) in [6.45, 7) is 6.78. The van der Waals surface area contributed by atoms with Crippen LogP contribution in [0.4, 0.5) is 0 Å². The molecule has 0 aliphatic carbocycles. The third-order valence-corrected chi connectivity index (χ3v) is 3.75.